The Balaban J connectivity index is 0.00000162. The van der Waals surface area contributed by atoms with E-state index in [2.05, 4.69) is 0 Å². The van der Waals surface area contributed by atoms with Crippen molar-refractivity contribution in [1.29, 1.82) is 0 Å². The molecule has 0 amide bonds. The van der Waals surface area contributed by atoms with Gasteiger partial charge >= 0.3 is 29.6 Å². The number of hydrogen-bond donors (Lipinski definition) is 0. The first-order chi connectivity index (χ1) is 8.09. The van der Waals surface area contributed by atoms with Crippen molar-refractivity contribution >= 4 is 28.3 Å². The molecule has 0 bridgehead atoms. The molecular formula is C13H10ClNaO3. The molecule has 0 N–H and O–H groups in total. The van der Waals surface area contributed by atoms with E-state index >= 15 is 0 Å². The summed E-state index contributed by atoms with van der Waals surface area (Å²) in [4.78, 5) is 10.6. The first kappa shape index (κ1) is 15.3. The topological polar surface area (TPSA) is 49.4 Å². The molecule has 0 aliphatic carbocycles. The Hall–Kier alpha value is -0.740. The summed E-state index contributed by atoms with van der Waals surface area (Å²) in [6.45, 7) is 1.40. The Morgan fingerprint density at radius 2 is 1.94 bits per heavy atom. The van der Waals surface area contributed by atoms with Crippen LogP contribution in [0, 0.1) is 0 Å². The zero-order chi connectivity index (χ0) is 12.4. The summed E-state index contributed by atoms with van der Waals surface area (Å²) < 4.78 is 5.22. The van der Waals surface area contributed by atoms with E-state index in [0.29, 0.717) is 10.8 Å². The molecule has 1 atom stereocenters. The van der Waals surface area contributed by atoms with Crippen LogP contribution in [0.5, 0.6) is 5.75 Å². The van der Waals surface area contributed by atoms with Crippen molar-refractivity contribution in [3.8, 4) is 5.75 Å². The Morgan fingerprint density at radius 3 is 2.61 bits per heavy atom. The number of benzene rings is 2. The minimum Gasteiger partial charge on any atom is -0.546 e. The van der Waals surface area contributed by atoms with E-state index < -0.39 is 12.1 Å². The third kappa shape index (κ3) is 3.18. The van der Waals surface area contributed by atoms with Gasteiger partial charge in [-0.15, -0.1) is 0 Å². The fourth-order valence-electron chi connectivity index (χ4n) is 1.54. The van der Waals surface area contributed by atoms with Crippen molar-refractivity contribution in [2.75, 3.05) is 0 Å². The summed E-state index contributed by atoms with van der Waals surface area (Å²) in [5, 5.41) is 12.8. The van der Waals surface area contributed by atoms with Gasteiger partial charge in [-0.2, -0.15) is 0 Å². The summed E-state index contributed by atoms with van der Waals surface area (Å²) in [5.74, 6) is -0.920. The molecule has 0 aliphatic heterocycles. The Labute approximate surface area is 132 Å². The van der Waals surface area contributed by atoms with E-state index in [4.69, 9.17) is 16.3 Å². The minimum atomic E-state index is -1.27. The summed E-state index contributed by atoms with van der Waals surface area (Å²) in [7, 11) is 0. The van der Waals surface area contributed by atoms with Crippen LogP contribution in [0.4, 0.5) is 0 Å². The first-order valence-electron chi connectivity index (χ1n) is 5.14. The number of halogens is 1. The standard InChI is InChI=1S/C13H11ClO3.Na/c1-8(13(15)16)17-11-7-6-9-4-2-3-5-10(9)12(11)14;/h2-8H,1H3,(H,15,16);/q;+1/p-1/t8-;/m1./s1. The molecule has 0 saturated heterocycles. The molecule has 0 radical (unpaired) electrons. The van der Waals surface area contributed by atoms with Crippen molar-refractivity contribution in [2.24, 2.45) is 0 Å². The maximum atomic E-state index is 10.6. The predicted octanol–water partition coefficient (Wildman–Crippen LogP) is -0.986. The van der Waals surface area contributed by atoms with Crippen LogP contribution in [0.2, 0.25) is 5.02 Å². The van der Waals surface area contributed by atoms with Gasteiger partial charge in [0.2, 0.25) is 0 Å². The molecule has 18 heavy (non-hydrogen) atoms. The van der Waals surface area contributed by atoms with Crippen LogP contribution < -0.4 is 39.4 Å². The summed E-state index contributed by atoms with van der Waals surface area (Å²) in [5.41, 5.74) is 0. The molecule has 0 spiro atoms. The second-order valence-electron chi connectivity index (χ2n) is 3.68. The number of rotatable bonds is 3. The monoisotopic (exact) mass is 272 g/mol. The first-order valence-corrected chi connectivity index (χ1v) is 5.52. The number of ether oxygens (including phenoxy) is 1. The zero-order valence-corrected chi connectivity index (χ0v) is 12.9. The minimum absolute atomic E-state index is 0. The Bertz CT molecular complexity index is 571. The number of fused-ring (bicyclic) bond motifs is 1. The van der Waals surface area contributed by atoms with Gasteiger partial charge in [-0.1, -0.05) is 41.9 Å². The van der Waals surface area contributed by atoms with Crippen LogP contribution in [-0.4, -0.2) is 12.1 Å². The fraction of sp³-hybridized carbons (Fsp3) is 0.154. The third-order valence-electron chi connectivity index (χ3n) is 2.46. The molecule has 2 aromatic rings. The van der Waals surface area contributed by atoms with Gasteiger partial charge in [-0.3, -0.25) is 0 Å². The van der Waals surface area contributed by atoms with Gasteiger partial charge in [0.1, 0.15) is 11.9 Å². The molecule has 5 heteroatoms. The SMILES string of the molecule is C[C@@H](Oc1ccc2ccccc2c1Cl)C(=O)[O-].[Na+]. The van der Waals surface area contributed by atoms with Crippen LogP contribution in [0.15, 0.2) is 36.4 Å². The molecule has 0 aromatic heterocycles. The molecule has 88 valence electrons. The second kappa shape index (κ2) is 6.43. The number of carboxylic acid groups (broad SMARTS) is 1. The molecule has 0 aliphatic rings. The zero-order valence-electron chi connectivity index (χ0n) is 10.1. The van der Waals surface area contributed by atoms with E-state index in [1.807, 2.05) is 30.3 Å². The van der Waals surface area contributed by atoms with Gasteiger partial charge in [0, 0.05) is 5.39 Å². The van der Waals surface area contributed by atoms with Gasteiger partial charge in [0.05, 0.1) is 11.0 Å². The van der Waals surface area contributed by atoms with E-state index in [1.165, 1.54) is 6.92 Å². The van der Waals surface area contributed by atoms with Crippen LogP contribution in [0.25, 0.3) is 10.8 Å². The molecule has 0 heterocycles. The molecule has 0 fully saturated rings. The molecule has 0 saturated carbocycles. The van der Waals surface area contributed by atoms with E-state index in [-0.39, 0.29) is 29.6 Å². The van der Waals surface area contributed by atoms with Crippen molar-refractivity contribution in [3.63, 3.8) is 0 Å². The summed E-state index contributed by atoms with van der Waals surface area (Å²) in [6.07, 6.45) is -1.03. The Kier molecular flexibility index (Phi) is 5.47. The molecule has 0 unspecified atom stereocenters. The fourth-order valence-corrected chi connectivity index (χ4v) is 1.82. The normalized spacial score (nSPS) is 11.7. The number of carbonyl (C=O) groups excluding carboxylic acids is 1. The smallest absolute Gasteiger partial charge is 0.546 e. The summed E-state index contributed by atoms with van der Waals surface area (Å²) >= 11 is 6.15. The van der Waals surface area contributed by atoms with E-state index in [1.54, 1.807) is 6.07 Å². The Morgan fingerprint density at radius 1 is 1.28 bits per heavy atom. The molecule has 2 rings (SSSR count). The predicted molar refractivity (Wildman–Crippen MR) is 64.1 cm³/mol. The van der Waals surface area contributed by atoms with Gasteiger partial charge in [0.25, 0.3) is 0 Å². The van der Waals surface area contributed by atoms with Gasteiger partial charge < -0.3 is 14.6 Å². The quantitative estimate of drug-likeness (QED) is 0.675. The van der Waals surface area contributed by atoms with E-state index in [9.17, 15) is 9.90 Å². The van der Waals surface area contributed by atoms with Crippen LogP contribution in [0.1, 0.15) is 6.92 Å². The average molecular weight is 273 g/mol. The summed E-state index contributed by atoms with van der Waals surface area (Å²) in [6, 6.07) is 11.0. The van der Waals surface area contributed by atoms with Crippen LogP contribution in [-0.2, 0) is 4.79 Å². The number of carbonyl (C=O) groups is 1. The van der Waals surface area contributed by atoms with Crippen molar-refractivity contribution < 1.29 is 44.2 Å². The molecular weight excluding hydrogens is 263 g/mol. The maximum absolute atomic E-state index is 10.6. The van der Waals surface area contributed by atoms with Crippen LogP contribution in [0.3, 0.4) is 0 Å². The van der Waals surface area contributed by atoms with Crippen molar-refractivity contribution in [2.45, 2.75) is 13.0 Å². The van der Waals surface area contributed by atoms with Crippen molar-refractivity contribution in [3.05, 3.63) is 41.4 Å². The van der Waals surface area contributed by atoms with Gasteiger partial charge in [0.15, 0.2) is 0 Å². The van der Waals surface area contributed by atoms with Gasteiger partial charge in [-0.05, 0) is 18.4 Å². The average Bonchev–Trinajstić information content (AvgIpc) is 2.33. The molecule has 3 nitrogen and oxygen atoms in total. The second-order valence-corrected chi connectivity index (χ2v) is 4.06. The number of hydrogen-bond acceptors (Lipinski definition) is 3. The van der Waals surface area contributed by atoms with Gasteiger partial charge in [-0.25, -0.2) is 0 Å². The number of carboxylic acids is 1. The van der Waals surface area contributed by atoms with Crippen LogP contribution >= 0.6 is 11.6 Å². The van der Waals surface area contributed by atoms with Crippen molar-refractivity contribution in [1.82, 2.24) is 0 Å². The maximum Gasteiger partial charge on any atom is 1.00 e. The largest absolute Gasteiger partial charge is 1.00 e. The number of aliphatic carboxylic acids is 1. The van der Waals surface area contributed by atoms with E-state index in [0.717, 1.165) is 10.8 Å². The molecule has 2 aromatic carbocycles. The third-order valence-corrected chi connectivity index (χ3v) is 2.85.